The minimum absolute atomic E-state index is 0.0176. The molecule has 20 heavy (non-hydrogen) atoms. The van der Waals surface area contributed by atoms with Crippen molar-refractivity contribution in [1.29, 1.82) is 5.26 Å². The lowest BCUT2D eigenvalue weighted by Gasteiger charge is -2.20. The number of hydrogen-bond acceptors (Lipinski definition) is 3. The molecule has 1 aromatic carbocycles. The van der Waals surface area contributed by atoms with Crippen LogP contribution in [-0.4, -0.2) is 35.1 Å². The first kappa shape index (κ1) is 15.4. The van der Waals surface area contributed by atoms with Gasteiger partial charge < -0.3 is 15.3 Å². The average Bonchev–Trinajstić information content (AvgIpc) is 2.38. The Morgan fingerprint density at radius 2 is 2.20 bits per heavy atom. The first-order chi connectivity index (χ1) is 9.49. The molecule has 0 aliphatic rings. The van der Waals surface area contributed by atoms with E-state index in [1.807, 2.05) is 0 Å². The number of nitrogens with one attached hydrogen (secondary N) is 1. The predicted octanol–water partition coefficient (Wildman–Crippen LogP) is 2.03. The highest BCUT2D eigenvalue weighted by molar-refractivity contribution is 5.92. The van der Waals surface area contributed by atoms with Crippen LogP contribution < -0.4 is 5.32 Å². The molecule has 6 nitrogen and oxygen atoms in total. The maximum atomic E-state index is 13.4. The molecule has 0 fully saturated rings. The van der Waals surface area contributed by atoms with Gasteiger partial charge in [0, 0.05) is 6.54 Å². The van der Waals surface area contributed by atoms with Crippen LogP contribution in [0.2, 0.25) is 0 Å². The molecule has 0 atom stereocenters. The Hall–Kier alpha value is -2.62. The maximum Gasteiger partial charge on any atom is 0.323 e. The number of rotatable bonds is 5. The largest absolute Gasteiger partial charge is 0.480 e. The number of carboxylic acid groups (broad SMARTS) is 1. The third-order valence-corrected chi connectivity index (χ3v) is 2.47. The topological polar surface area (TPSA) is 93.4 Å². The summed E-state index contributed by atoms with van der Waals surface area (Å²) in [5.74, 6) is -1.89. The van der Waals surface area contributed by atoms with E-state index in [4.69, 9.17) is 10.4 Å². The van der Waals surface area contributed by atoms with Crippen molar-refractivity contribution in [2.24, 2.45) is 0 Å². The number of anilines is 1. The molecular formula is C13H14FN3O3. The van der Waals surface area contributed by atoms with Gasteiger partial charge >= 0.3 is 12.0 Å². The van der Waals surface area contributed by atoms with Gasteiger partial charge in [-0.25, -0.2) is 9.18 Å². The smallest absolute Gasteiger partial charge is 0.323 e. The molecule has 106 valence electrons. The van der Waals surface area contributed by atoms with Crippen LogP contribution >= 0.6 is 0 Å². The van der Waals surface area contributed by atoms with Crippen molar-refractivity contribution in [2.45, 2.75) is 13.3 Å². The van der Waals surface area contributed by atoms with E-state index < -0.39 is 24.4 Å². The second-order valence-corrected chi connectivity index (χ2v) is 4.02. The Morgan fingerprint density at radius 1 is 1.50 bits per heavy atom. The van der Waals surface area contributed by atoms with E-state index in [1.165, 1.54) is 12.1 Å². The second-order valence-electron chi connectivity index (χ2n) is 4.02. The van der Waals surface area contributed by atoms with E-state index in [0.717, 1.165) is 11.0 Å². The summed E-state index contributed by atoms with van der Waals surface area (Å²) >= 11 is 0. The van der Waals surface area contributed by atoms with Crippen molar-refractivity contribution >= 4 is 17.7 Å². The number of nitrogens with zero attached hydrogens (tertiary/aromatic N) is 2. The predicted molar refractivity (Wildman–Crippen MR) is 69.6 cm³/mol. The molecule has 1 rings (SSSR count). The summed E-state index contributed by atoms with van der Waals surface area (Å²) in [4.78, 5) is 23.7. The molecular weight excluding hydrogens is 265 g/mol. The van der Waals surface area contributed by atoms with Crippen molar-refractivity contribution in [2.75, 3.05) is 18.4 Å². The molecule has 0 bridgehead atoms. The number of benzene rings is 1. The Balaban J connectivity index is 2.91. The number of amides is 2. The van der Waals surface area contributed by atoms with E-state index in [0.29, 0.717) is 6.42 Å². The van der Waals surface area contributed by atoms with Gasteiger partial charge in [0.05, 0.1) is 5.69 Å². The zero-order valence-corrected chi connectivity index (χ0v) is 10.9. The summed E-state index contributed by atoms with van der Waals surface area (Å²) < 4.78 is 13.4. The molecule has 0 aromatic heterocycles. The lowest BCUT2D eigenvalue weighted by Crippen LogP contribution is -2.39. The van der Waals surface area contributed by atoms with E-state index >= 15 is 0 Å². The van der Waals surface area contributed by atoms with Crippen molar-refractivity contribution in [3.05, 3.63) is 29.6 Å². The number of halogens is 1. The van der Waals surface area contributed by atoms with Crippen LogP contribution in [0.4, 0.5) is 14.9 Å². The average molecular weight is 279 g/mol. The molecule has 0 aliphatic heterocycles. The zero-order valence-electron chi connectivity index (χ0n) is 10.9. The van der Waals surface area contributed by atoms with Crippen LogP contribution in [0.25, 0.3) is 0 Å². The lowest BCUT2D eigenvalue weighted by atomic mass is 10.2. The number of urea groups is 1. The van der Waals surface area contributed by atoms with Gasteiger partial charge in [-0.05, 0) is 18.6 Å². The van der Waals surface area contributed by atoms with E-state index in [9.17, 15) is 14.0 Å². The second kappa shape index (κ2) is 7.09. The molecule has 0 aliphatic carbocycles. The first-order valence-electron chi connectivity index (χ1n) is 5.96. The van der Waals surface area contributed by atoms with Gasteiger partial charge in [-0.3, -0.25) is 4.79 Å². The number of carboxylic acids is 1. The minimum atomic E-state index is -1.15. The maximum absolute atomic E-state index is 13.4. The number of nitriles is 1. The zero-order chi connectivity index (χ0) is 15.1. The van der Waals surface area contributed by atoms with Crippen LogP contribution in [0.1, 0.15) is 18.9 Å². The van der Waals surface area contributed by atoms with Crippen LogP contribution in [0.3, 0.4) is 0 Å². The Labute approximate surface area is 115 Å². The molecule has 2 amide bonds. The van der Waals surface area contributed by atoms with Gasteiger partial charge in [-0.2, -0.15) is 5.26 Å². The van der Waals surface area contributed by atoms with Crippen LogP contribution in [0.15, 0.2) is 18.2 Å². The van der Waals surface area contributed by atoms with Crippen LogP contribution in [-0.2, 0) is 4.79 Å². The van der Waals surface area contributed by atoms with Crippen LogP contribution in [0.5, 0.6) is 0 Å². The third-order valence-electron chi connectivity index (χ3n) is 2.47. The van der Waals surface area contributed by atoms with Gasteiger partial charge in [-0.15, -0.1) is 0 Å². The van der Waals surface area contributed by atoms with Crippen molar-refractivity contribution in [3.63, 3.8) is 0 Å². The third kappa shape index (κ3) is 3.95. The molecule has 0 radical (unpaired) electrons. The Kier molecular flexibility index (Phi) is 5.47. The highest BCUT2D eigenvalue weighted by Gasteiger charge is 2.18. The van der Waals surface area contributed by atoms with Crippen molar-refractivity contribution in [1.82, 2.24) is 4.90 Å². The summed E-state index contributed by atoms with van der Waals surface area (Å²) in [7, 11) is 0. The minimum Gasteiger partial charge on any atom is -0.480 e. The molecule has 0 unspecified atom stereocenters. The standard InChI is InChI=1S/C13H14FN3O3/c1-2-6-17(8-12(18)19)13(20)16-11-5-3-4-10(14)9(11)7-15/h3-5H,2,6,8H2,1H3,(H,16,20)(H,18,19). The summed E-state index contributed by atoms with van der Waals surface area (Å²) in [6, 6.07) is 4.81. The van der Waals surface area contributed by atoms with Crippen LogP contribution in [0, 0.1) is 17.1 Å². The molecule has 0 saturated carbocycles. The molecule has 7 heteroatoms. The summed E-state index contributed by atoms with van der Waals surface area (Å²) in [5.41, 5.74) is -0.267. The normalized spacial score (nSPS) is 9.65. The monoisotopic (exact) mass is 279 g/mol. The Bertz CT molecular complexity index is 554. The highest BCUT2D eigenvalue weighted by atomic mass is 19.1. The number of carbonyl (C=O) groups excluding carboxylic acids is 1. The Morgan fingerprint density at radius 3 is 2.75 bits per heavy atom. The van der Waals surface area contributed by atoms with Crippen molar-refractivity contribution in [3.8, 4) is 6.07 Å². The molecule has 0 heterocycles. The molecule has 0 saturated heterocycles. The number of carbonyl (C=O) groups is 2. The van der Waals surface area contributed by atoms with Crippen molar-refractivity contribution < 1.29 is 19.1 Å². The van der Waals surface area contributed by atoms with E-state index in [1.54, 1.807) is 13.0 Å². The molecule has 0 spiro atoms. The SMILES string of the molecule is CCCN(CC(=O)O)C(=O)Nc1cccc(F)c1C#N. The van der Waals surface area contributed by atoms with Gasteiger partial charge in [0.25, 0.3) is 0 Å². The summed E-state index contributed by atoms with van der Waals surface area (Å²) in [6.45, 7) is 1.58. The summed E-state index contributed by atoms with van der Waals surface area (Å²) in [6.07, 6.45) is 0.578. The lowest BCUT2D eigenvalue weighted by molar-refractivity contribution is -0.137. The number of hydrogen-bond donors (Lipinski definition) is 2. The molecule has 2 N–H and O–H groups in total. The number of aliphatic carboxylic acids is 1. The fraction of sp³-hybridized carbons (Fsp3) is 0.308. The van der Waals surface area contributed by atoms with Gasteiger partial charge in [-0.1, -0.05) is 13.0 Å². The fourth-order valence-electron chi connectivity index (χ4n) is 1.62. The summed E-state index contributed by atoms with van der Waals surface area (Å²) in [5, 5.41) is 19.9. The van der Waals surface area contributed by atoms with E-state index in [-0.39, 0.29) is 17.8 Å². The van der Waals surface area contributed by atoms with Gasteiger partial charge in [0.1, 0.15) is 24.0 Å². The van der Waals surface area contributed by atoms with E-state index in [2.05, 4.69) is 5.32 Å². The fourth-order valence-corrected chi connectivity index (χ4v) is 1.62. The van der Waals surface area contributed by atoms with Gasteiger partial charge in [0.2, 0.25) is 0 Å². The first-order valence-corrected chi connectivity index (χ1v) is 5.96. The molecule has 1 aromatic rings. The van der Waals surface area contributed by atoms with Gasteiger partial charge in [0.15, 0.2) is 0 Å². The quantitative estimate of drug-likeness (QED) is 0.862. The highest BCUT2D eigenvalue weighted by Crippen LogP contribution is 2.18.